The SMILES string of the molecule is COc1cc(C(=O)NC2(C(=O)N[C@H](C)c3ncc(-c4cc(Cl)cc(Cl)c4OCC(F)F)cc3Cl)CC2)on1. The summed E-state index contributed by atoms with van der Waals surface area (Å²) in [6.07, 6.45) is -0.409. The van der Waals surface area contributed by atoms with Gasteiger partial charge in [-0.25, -0.2) is 8.78 Å². The number of amides is 2. The Balaban J connectivity index is 1.48. The molecule has 9 nitrogen and oxygen atoms in total. The van der Waals surface area contributed by atoms with Gasteiger partial charge in [-0.1, -0.05) is 34.8 Å². The maximum Gasteiger partial charge on any atom is 0.290 e. The Morgan fingerprint density at radius 2 is 1.89 bits per heavy atom. The van der Waals surface area contributed by atoms with Crippen LogP contribution in [0.4, 0.5) is 8.78 Å². The van der Waals surface area contributed by atoms with Gasteiger partial charge >= 0.3 is 0 Å². The number of benzene rings is 1. The molecule has 202 valence electrons. The van der Waals surface area contributed by atoms with Gasteiger partial charge in [0.05, 0.1) is 35.0 Å². The molecule has 2 N–H and O–H groups in total. The van der Waals surface area contributed by atoms with Crippen LogP contribution in [-0.4, -0.2) is 47.6 Å². The van der Waals surface area contributed by atoms with E-state index in [1.807, 2.05) is 0 Å². The minimum Gasteiger partial charge on any atom is -0.485 e. The van der Waals surface area contributed by atoms with E-state index in [4.69, 9.17) is 48.8 Å². The van der Waals surface area contributed by atoms with Gasteiger partial charge in [0.2, 0.25) is 11.7 Å². The fraction of sp³-hybridized carbons (Fsp3) is 0.333. The van der Waals surface area contributed by atoms with E-state index in [9.17, 15) is 18.4 Å². The van der Waals surface area contributed by atoms with E-state index >= 15 is 0 Å². The van der Waals surface area contributed by atoms with Gasteiger partial charge < -0.3 is 24.6 Å². The van der Waals surface area contributed by atoms with E-state index in [1.165, 1.54) is 37.6 Å². The van der Waals surface area contributed by atoms with Crippen molar-refractivity contribution in [2.24, 2.45) is 0 Å². The molecule has 2 amide bonds. The number of carbonyl (C=O) groups is 2. The molecular weight excluding hydrogens is 569 g/mol. The Morgan fingerprint density at radius 1 is 1.16 bits per heavy atom. The van der Waals surface area contributed by atoms with Crippen molar-refractivity contribution in [3.63, 3.8) is 0 Å². The Morgan fingerprint density at radius 3 is 2.50 bits per heavy atom. The maximum absolute atomic E-state index is 13.0. The van der Waals surface area contributed by atoms with Crippen molar-refractivity contribution in [3.8, 4) is 22.8 Å². The third-order valence-corrected chi connectivity index (χ3v) is 6.56. The largest absolute Gasteiger partial charge is 0.485 e. The van der Waals surface area contributed by atoms with Crippen LogP contribution in [0.1, 0.15) is 42.1 Å². The van der Waals surface area contributed by atoms with Crippen molar-refractivity contribution in [1.29, 1.82) is 0 Å². The van der Waals surface area contributed by atoms with Crippen LogP contribution in [0.5, 0.6) is 11.6 Å². The van der Waals surface area contributed by atoms with Gasteiger partial charge in [-0.3, -0.25) is 14.6 Å². The standard InChI is InChI=1S/C24H21Cl3F2N4O5/c1-11(31-23(35)24(3-4-24)32-22(34)17-8-19(36-2)33-38-17)20-15(26)5-12(9-30-20)14-6-13(25)7-16(27)21(14)37-10-18(28)29/h5-9,11,18H,3-4,10H2,1-2H3,(H,31,35)(H,32,34)/t11-/m1/s1. The summed E-state index contributed by atoms with van der Waals surface area (Å²) in [6.45, 7) is 0.817. The number of pyridine rings is 1. The molecule has 1 aliphatic rings. The number of nitrogens with zero attached hydrogens (tertiary/aromatic N) is 2. The fourth-order valence-corrected chi connectivity index (χ4v) is 4.54. The molecule has 0 radical (unpaired) electrons. The minimum absolute atomic E-state index is 0.0131. The predicted octanol–water partition coefficient (Wildman–Crippen LogP) is 5.49. The van der Waals surface area contributed by atoms with Gasteiger partial charge in [0.15, 0.2) is 0 Å². The van der Waals surface area contributed by atoms with Crippen molar-refractivity contribution in [2.75, 3.05) is 13.7 Å². The number of hydrogen-bond donors (Lipinski definition) is 2. The van der Waals surface area contributed by atoms with Crippen LogP contribution in [0.25, 0.3) is 11.1 Å². The lowest BCUT2D eigenvalue weighted by Crippen LogP contribution is -2.49. The third-order valence-electron chi connectivity index (χ3n) is 5.76. The van der Waals surface area contributed by atoms with Crippen LogP contribution >= 0.6 is 34.8 Å². The van der Waals surface area contributed by atoms with E-state index in [0.717, 1.165) is 0 Å². The molecule has 0 aliphatic heterocycles. The number of hydrogen-bond acceptors (Lipinski definition) is 7. The van der Waals surface area contributed by atoms with Crippen LogP contribution in [-0.2, 0) is 4.79 Å². The van der Waals surface area contributed by atoms with Crippen LogP contribution in [0, 0.1) is 0 Å². The van der Waals surface area contributed by atoms with Crippen LogP contribution < -0.4 is 20.1 Å². The minimum atomic E-state index is -2.71. The highest BCUT2D eigenvalue weighted by Gasteiger charge is 2.52. The van der Waals surface area contributed by atoms with Crippen molar-refractivity contribution < 1.29 is 32.4 Å². The zero-order valence-electron chi connectivity index (χ0n) is 20.0. The summed E-state index contributed by atoms with van der Waals surface area (Å²) in [5.74, 6) is -0.968. The van der Waals surface area contributed by atoms with Gasteiger partial charge in [-0.2, -0.15) is 0 Å². The zero-order chi connectivity index (χ0) is 27.6. The Kier molecular flexibility index (Phi) is 8.29. The average Bonchev–Trinajstić information content (AvgIpc) is 3.47. The first-order chi connectivity index (χ1) is 18.0. The molecule has 2 aromatic heterocycles. The number of methoxy groups -OCH3 is 1. The topological polar surface area (TPSA) is 116 Å². The lowest BCUT2D eigenvalue weighted by molar-refractivity contribution is -0.124. The molecule has 38 heavy (non-hydrogen) atoms. The molecule has 3 aromatic rings. The Labute approximate surface area is 230 Å². The number of nitrogens with one attached hydrogen (secondary N) is 2. The summed E-state index contributed by atoms with van der Waals surface area (Å²) >= 11 is 18.8. The molecule has 1 aromatic carbocycles. The number of alkyl halides is 2. The van der Waals surface area contributed by atoms with E-state index in [0.29, 0.717) is 29.7 Å². The highest BCUT2D eigenvalue weighted by Crippen LogP contribution is 2.41. The summed E-state index contributed by atoms with van der Waals surface area (Å²) in [6, 6.07) is 5.08. The second-order valence-electron chi connectivity index (χ2n) is 8.52. The first-order valence-electron chi connectivity index (χ1n) is 11.2. The van der Waals surface area contributed by atoms with Gasteiger partial charge in [-0.15, -0.1) is 0 Å². The average molecular weight is 590 g/mol. The van der Waals surface area contributed by atoms with Crippen molar-refractivity contribution in [2.45, 2.75) is 37.8 Å². The third kappa shape index (κ3) is 6.11. The highest BCUT2D eigenvalue weighted by atomic mass is 35.5. The maximum atomic E-state index is 13.0. The summed E-state index contributed by atoms with van der Waals surface area (Å²) in [5.41, 5.74) is -0.0235. The predicted molar refractivity (Wildman–Crippen MR) is 135 cm³/mol. The summed E-state index contributed by atoms with van der Waals surface area (Å²) in [7, 11) is 1.38. The van der Waals surface area contributed by atoms with E-state index in [1.54, 1.807) is 6.92 Å². The molecule has 0 saturated heterocycles. The molecule has 14 heteroatoms. The second kappa shape index (κ2) is 11.3. The monoisotopic (exact) mass is 588 g/mol. The van der Waals surface area contributed by atoms with E-state index < -0.39 is 36.4 Å². The summed E-state index contributed by atoms with van der Waals surface area (Å²) in [5, 5.41) is 9.56. The number of halogens is 5. The highest BCUT2D eigenvalue weighted by molar-refractivity contribution is 6.36. The number of carbonyl (C=O) groups excluding carboxylic acids is 2. The van der Waals surface area contributed by atoms with Gasteiger partial charge in [0.25, 0.3) is 18.2 Å². The summed E-state index contributed by atoms with van der Waals surface area (Å²) in [4.78, 5) is 29.9. The normalized spacial score (nSPS) is 14.6. The first kappa shape index (κ1) is 27.9. The molecule has 4 rings (SSSR count). The van der Waals surface area contributed by atoms with Crippen LogP contribution in [0.15, 0.2) is 35.0 Å². The second-order valence-corrected chi connectivity index (χ2v) is 9.77. The van der Waals surface area contributed by atoms with Crippen molar-refractivity contribution in [3.05, 3.63) is 57.0 Å². The molecule has 0 bridgehead atoms. The molecule has 0 unspecified atom stereocenters. The lowest BCUT2D eigenvalue weighted by Gasteiger charge is -2.21. The van der Waals surface area contributed by atoms with E-state index in [-0.39, 0.29) is 32.5 Å². The molecule has 1 fully saturated rings. The number of aromatic nitrogens is 2. The van der Waals surface area contributed by atoms with Gasteiger partial charge in [0, 0.05) is 22.3 Å². The molecule has 0 spiro atoms. The Hall–Kier alpha value is -3.15. The smallest absolute Gasteiger partial charge is 0.290 e. The molecular formula is C24H21Cl3F2N4O5. The first-order valence-corrected chi connectivity index (χ1v) is 12.4. The zero-order valence-corrected chi connectivity index (χ0v) is 22.3. The van der Waals surface area contributed by atoms with Crippen LogP contribution in [0.3, 0.4) is 0 Å². The van der Waals surface area contributed by atoms with Crippen LogP contribution in [0.2, 0.25) is 15.1 Å². The molecule has 1 saturated carbocycles. The van der Waals surface area contributed by atoms with E-state index in [2.05, 4.69) is 20.8 Å². The van der Waals surface area contributed by atoms with Gasteiger partial charge in [0.1, 0.15) is 17.9 Å². The quantitative estimate of drug-likeness (QED) is 0.321. The molecule has 1 atom stereocenters. The number of rotatable bonds is 10. The van der Waals surface area contributed by atoms with Crippen molar-refractivity contribution >= 4 is 46.6 Å². The van der Waals surface area contributed by atoms with Crippen molar-refractivity contribution in [1.82, 2.24) is 20.8 Å². The molecule has 1 aliphatic carbocycles. The van der Waals surface area contributed by atoms with Gasteiger partial charge in [-0.05, 0) is 43.1 Å². The fourth-order valence-electron chi connectivity index (χ4n) is 3.66. The lowest BCUT2D eigenvalue weighted by atomic mass is 10.0. The summed E-state index contributed by atoms with van der Waals surface area (Å²) < 4.78 is 40.5. The Bertz CT molecular complexity index is 1370. The molecule has 2 heterocycles. The number of ether oxygens (including phenoxy) is 2.